The molecule has 0 aromatic heterocycles. The Bertz CT molecular complexity index is 679. The third-order valence-electron chi connectivity index (χ3n) is 10.3. The van der Waals surface area contributed by atoms with Gasteiger partial charge in [0.05, 0.1) is 25.3 Å². The Hall–Kier alpha value is 1.27. The van der Waals surface area contributed by atoms with Gasteiger partial charge in [-0.2, -0.15) is 18.7 Å². The van der Waals surface area contributed by atoms with Crippen LogP contribution >= 0.6 is 14.9 Å². The molecule has 0 aromatic carbocycles. The third-order valence-corrected chi connectivity index (χ3v) is 19.3. The van der Waals surface area contributed by atoms with Gasteiger partial charge in [-0.05, 0) is 72.6 Å². The number of hydrogen-bond acceptors (Lipinski definition) is 6. The van der Waals surface area contributed by atoms with Crippen molar-refractivity contribution in [2.24, 2.45) is 0 Å². The average Bonchev–Trinajstić information content (AvgIpc) is 3.78. The summed E-state index contributed by atoms with van der Waals surface area (Å²) in [4.78, 5) is 0. The molecule has 43 heavy (non-hydrogen) atoms. The van der Waals surface area contributed by atoms with Gasteiger partial charge in [0.1, 0.15) is 26.2 Å². The summed E-state index contributed by atoms with van der Waals surface area (Å²) < 4.78 is 22.2. The zero-order chi connectivity index (χ0) is 29.2. The summed E-state index contributed by atoms with van der Waals surface area (Å²) in [5, 5.41) is 0. The van der Waals surface area contributed by atoms with Gasteiger partial charge in [0.15, 0.2) is 0 Å². The molecule has 4 rings (SSSR count). The number of rotatable bonds is 14. The van der Waals surface area contributed by atoms with E-state index in [9.17, 15) is 0 Å². The Morgan fingerprint density at radius 1 is 0.605 bits per heavy atom. The summed E-state index contributed by atoms with van der Waals surface area (Å²) in [5.74, 6) is 0. The molecule has 4 fully saturated rings. The molecular weight excluding hydrogens is 612 g/mol. The van der Waals surface area contributed by atoms with Gasteiger partial charge in [0.2, 0.25) is 0 Å². The molecule has 2 saturated carbocycles. The Morgan fingerprint density at radius 2 is 0.977 bits per heavy atom. The van der Waals surface area contributed by atoms with E-state index in [0.717, 1.165) is 52.5 Å². The second kappa shape index (κ2) is 22.0. The number of hydrogen-bond donors (Lipinski definition) is 0. The summed E-state index contributed by atoms with van der Waals surface area (Å²) in [6, 6.07) is 0.826. The minimum atomic E-state index is -2.16. The van der Waals surface area contributed by atoms with Crippen LogP contribution in [-0.4, -0.2) is 124 Å². The van der Waals surface area contributed by atoms with Gasteiger partial charge in [-0.1, -0.05) is 32.1 Å². The van der Waals surface area contributed by atoms with Crippen LogP contribution in [0.4, 0.5) is 0 Å². The molecule has 4 radical (unpaired) electrons. The fourth-order valence-electron chi connectivity index (χ4n) is 8.38. The second-order valence-electron chi connectivity index (χ2n) is 12.3. The van der Waals surface area contributed by atoms with Crippen LogP contribution in [0.5, 0.6) is 0 Å². The van der Waals surface area contributed by atoms with Crippen LogP contribution < -0.4 is 0 Å². The van der Waals surface area contributed by atoms with Crippen LogP contribution in [0.25, 0.3) is 0 Å². The molecule has 11 heteroatoms. The first-order valence-electron chi connectivity index (χ1n) is 16.8. The van der Waals surface area contributed by atoms with Gasteiger partial charge in [-0.15, -0.1) is 0 Å². The first kappa shape index (κ1) is 44.3. The summed E-state index contributed by atoms with van der Waals surface area (Å²) in [5.41, 5.74) is 0.894. The van der Waals surface area contributed by atoms with E-state index in [2.05, 4.69) is 46.4 Å². The van der Waals surface area contributed by atoms with Crippen molar-refractivity contribution in [2.75, 3.05) is 66.7 Å². The van der Waals surface area contributed by atoms with E-state index in [4.69, 9.17) is 24.6 Å². The molecule has 0 aromatic rings. The van der Waals surface area contributed by atoms with Gasteiger partial charge in [-0.3, -0.25) is 0 Å². The number of methoxy groups -OCH3 is 2. The molecule has 0 spiro atoms. The first-order chi connectivity index (χ1) is 19.4. The predicted molar refractivity (Wildman–Crippen MR) is 192 cm³/mol. The second-order valence-corrected chi connectivity index (χ2v) is 18.6. The molecular formula is C32H68B2FeN4O2P2+2. The molecule has 2 aliphatic heterocycles. The SMILES string of the molecule is C1CCCC1.[B][P+](C1CCCC1[P+]([B])(N1CCC[C@@H]1COC)N1CCC[C@@H]1COC)(N(CC)CC)N(CC)CC.[CH3-].[CH3-].[Fe+2]. The fourth-order valence-corrected chi connectivity index (χ4v) is 18.4. The van der Waals surface area contributed by atoms with E-state index in [1.54, 1.807) is 0 Å². The van der Waals surface area contributed by atoms with Gasteiger partial charge in [-0.25, -0.2) is 0 Å². The van der Waals surface area contributed by atoms with Crippen LogP contribution in [0, 0.1) is 14.9 Å². The van der Waals surface area contributed by atoms with Crippen LogP contribution in [0.2, 0.25) is 0 Å². The normalized spacial score (nSPS) is 26.6. The van der Waals surface area contributed by atoms with E-state index >= 15 is 0 Å². The van der Waals surface area contributed by atoms with Crippen molar-refractivity contribution in [1.82, 2.24) is 18.7 Å². The van der Waals surface area contributed by atoms with Gasteiger partial charge in [0, 0.05) is 53.5 Å². The Morgan fingerprint density at radius 3 is 1.33 bits per heavy atom. The third kappa shape index (κ3) is 9.90. The van der Waals surface area contributed by atoms with Crippen molar-refractivity contribution in [2.45, 2.75) is 128 Å². The largest absolute Gasteiger partial charge is 2.00 e. The van der Waals surface area contributed by atoms with E-state index in [1.165, 1.54) is 77.0 Å². The smallest absolute Gasteiger partial charge is 0.383 e. The molecule has 4 aliphatic rings. The zero-order valence-corrected chi connectivity index (χ0v) is 32.4. The number of nitrogens with zero attached hydrogens (tertiary/aromatic N) is 4. The Kier molecular flexibility index (Phi) is 22.7. The maximum atomic E-state index is 7.99. The minimum Gasteiger partial charge on any atom is -0.383 e. The molecule has 4 atom stereocenters. The van der Waals surface area contributed by atoms with Crippen molar-refractivity contribution in [3.8, 4) is 0 Å². The molecule has 2 heterocycles. The zero-order valence-electron chi connectivity index (χ0n) is 29.5. The van der Waals surface area contributed by atoms with Crippen molar-refractivity contribution in [3.05, 3.63) is 14.9 Å². The van der Waals surface area contributed by atoms with Crippen molar-refractivity contribution < 1.29 is 26.5 Å². The topological polar surface area (TPSA) is 31.4 Å². The quantitative estimate of drug-likeness (QED) is 0.107. The summed E-state index contributed by atoms with van der Waals surface area (Å²) in [6.45, 7) is 16.9. The standard InChI is InChI=1S/C25H52B2N4O2P2.C5H10.2CH3.Fe/c1-7-28(8-2)34(26,29(9-3)10-4)24-16-11-17-25(24)35(27,30-18-12-14-22(30)20-32-5)31-19-13-15-23(31)21-33-6;1-2-4-5-3-1;;;/h22-25H,7-21H2,1-6H3;1-5H2;2*1H3;/q+2;;2*-1;+2/t22-,23-,24?,25?;;;;/m1..../s1. The van der Waals surface area contributed by atoms with Gasteiger partial charge < -0.3 is 24.3 Å². The van der Waals surface area contributed by atoms with E-state index in [1.807, 2.05) is 14.2 Å². The number of ether oxygens (including phenoxy) is 2. The molecule has 0 amide bonds. The van der Waals surface area contributed by atoms with Crippen LogP contribution in [0.15, 0.2) is 0 Å². The van der Waals surface area contributed by atoms with Crippen LogP contribution in [0.3, 0.4) is 0 Å². The van der Waals surface area contributed by atoms with E-state index in [0.29, 0.717) is 23.4 Å². The molecule has 0 N–H and O–H groups in total. The minimum absolute atomic E-state index is 0. The fraction of sp³-hybridized carbons (Fsp3) is 0.938. The van der Waals surface area contributed by atoms with Crippen molar-refractivity contribution >= 4 is 30.0 Å². The van der Waals surface area contributed by atoms with E-state index < -0.39 is 14.9 Å². The van der Waals surface area contributed by atoms with Crippen LogP contribution in [0.1, 0.15) is 105 Å². The van der Waals surface area contributed by atoms with Crippen molar-refractivity contribution in [1.29, 1.82) is 0 Å². The summed E-state index contributed by atoms with van der Waals surface area (Å²) >= 11 is 0. The summed E-state index contributed by atoms with van der Waals surface area (Å²) in [7, 11) is 15.2. The van der Waals surface area contributed by atoms with Crippen LogP contribution in [-0.2, 0) is 26.5 Å². The molecule has 2 aliphatic carbocycles. The maximum absolute atomic E-state index is 7.99. The van der Waals surface area contributed by atoms with E-state index in [-0.39, 0.29) is 31.9 Å². The molecule has 2 unspecified atom stereocenters. The molecule has 2 saturated heterocycles. The maximum Gasteiger partial charge on any atom is 2.00 e. The molecule has 0 bridgehead atoms. The molecule has 6 nitrogen and oxygen atoms in total. The molecule has 250 valence electrons. The predicted octanol–water partition coefficient (Wildman–Crippen LogP) is 7.52. The van der Waals surface area contributed by atoms with Gasteiger partial charge >= 0.3 is 32.2 Å². The first-order valence-corrected chi connectivity index (χ1v) is 20.4. The van der Waals surface area contributed by atoms with Gasteiger partial charge in [0.25, 0.3) is 0 Å². The summed E-state index contributed by atoms with van der Waals surface area (Å²) in [6.07, 6.45) is 15.9. The Labute approximate surface area is 284 Å². The monoisotopic (exact) mass is 680 g/mol. The average molecular weight is 680 g/mol. The van der Waals surface area contributed by atoms with Crippen molar-refractivity contribution in [3.63, 3.8) is 0 Å². The Balaban J connectivity index is 0.00000200.